The average molecular weight is 342 g/mol. The summed E-state index contributed by atoms with van der Waals surface area (Å²) in [6, 6.07) is 13.4. The van der Waals surface area contributed by atoms with E-state index in [0.717, 1.165) is 13.1 Å². The summed E-state index contributed by atoms with van der Waals surface area (Å²) < 4.78 is 5.73. The van der Waals surface area contributed by atoms with Gasteiger partial charge in [0.05, 0.1) is 6.10 Å². The number of ether oxygens (including phenoxy) is 1. The third-order valence-electron chi connectivity index (χ3n) is 4.02. The summed E-state index contributed by atoms with van der Waals surface area (Å²) >= 11 is 0. The van der Waals surface area contributed by atoms with Crippen LogP contribution >= 0.6 is 0 Å². The van der Waals surface area contributed by atoms with Crippen molar-refractivity contribution in [3.63, 3.8) is 0 Å². The first-order chi connectivity index (χ1) is 12.1. The molecule has 0 spiro atoms. The largest absolute Gasteiger partial charge is 0.363 e. The lowest BCUT2D eigenvalue weighted by atomic mass is 10.1. The van der Waals surface area contributed by atoms with E-state index in [9.17, 15) is 9.59 Å². The standard InChI is InChI=1S/C18H22N4O3/c1-13-10-22(11-14-6-3-2-4-7-14)12-16(25-13)18(24)21-20-17(23)15-8-5-9-19-15/h2-9,13,16,19H,10-12H2,1H3,(H,20,23)(H,21,24)/t13-,16-/m1/s1. The van der Waals surface area contributed by atoms with Crippen LogP contribution in [0.15, 0.2) is 48.7 Å². The van der Waals surface area contributed by atoms with E-state index in [1.807, 2.05) is 25.1 Å². The van der Waals surface area contributed by atoms with Crippen LogP contribution in [0, 0.1) is 0 Å². The zero-order chi connectivity index (χ0) is 17.6. The molecule has 7 heteroatoms. The number of benzene rings is 1. The van der Waals surface area contributed by atoms with Gasteiger partial charge in [-0.15, -0.1) is 0 Å². The second-order valence-electron chi connectivity index (χ2n) is 6.14. The van der Waals surface area contributed by atoms with Crippen LogP contribution in [0.1, 0.15) is 23.0 Å². The number of morpholine rings is 1. The number of carbonyl (C=O) groups excluding carboxylic acids is 2. The lowest BCUT2D eigenvalue weighted by Gasteiger charge is -2.36. The summed E-state index contributed by atoms with van der Waals surface area (Å²) in [5.41, 5.74) is 6.40. The van der Waals surface area contributed by atoms with E-state index >= 15 is 0 Å². The Kier molecular flexibility index (Phi) is 5.47. The van der Waals surface area contributed by atoms with Crippen LogP contribution in [0.2, 0.25) is 0 Å². The Morgan fingerprint density at radius 3 is 2.68 bits per heavy atom. The van der Waals surface area contributed by atoms with Gasteiger partial charge in [-0.2, -0.15) is 0 Å². The van der Waals surface area contributed by atoms with Gasteiger partial charge in [0, 0.05) is 25.8 Å². The highest BCUT2D eigenvalue weighted by Gasteiger charge is 2.30. The van der Waals surface area contributed by atoms with Gasteiger partial charge in [0.15, 0.2) is 6.10 Å². The number of nitrogens with zero attached hydrogens (tertiary/aromatic N) is 1. The molecule has 0 radical (unpaired) electrons. The van der Waals surface area contributed by atoms with Gasteiger partial charge in [0.1, 0.15) is 5.69 Å². The third kappa shape index (κ3) is 4.68. The van der Waals surface area contributed by atoms with Gasteiger partial charge in [-0.3, -0.25) is 25.3 Å². The molecule has 1 fully saturated rings. The molecule has 25 heavy (non-hydrogen) atoms. The molecule has 2 heterocycles. The molecule has 1 aromatic heterocycles. The normalized spacial score (nSPS) is 20.8. The summed E-state index contributed by atoms with van der Waals surface area (Å²) in [7, 11) is 0. The van der Waals surface area contributed by atoms with Crippen LogP contribution in [0.4, 0.5) is 0 Å². The van der Waals surface area contributed by atoms with Crippen molar-refractivity contribution in [2.24, 2.45) is 0 Å². The second-order valence-corrected chi connectivity index (χ2v) is 6.14. The molecule has 2 amide bonds. The first-order valence-corrected chi connectivity index (χ1v) is 8.27. The number of rotatable bonds is 4. The van der Waals surface area contributed by atoms with E-state index in [2.05, 4.69) is 32.9 Å². The summed E-state index contributed by atoms with van der Waals surface area (Å²) in [4.78, 5) is 29.1. The molecule has 3 rings (SSSR count). The SMILES string of the molecule is C[C@@H]1CN(Cc2ccccc2)C[C@H](C(=O)NNC(=O)c2ccc[nH]2)O1. The monoisotopic (exact) mass is 342 g/mol. The van der Waals surface area contributed by atoms with E-state index in [1.54, 1.807) is 18.3 Å². The minimum absolute atomic E-state index is 0.0627. The Morgan fingerprint density at radius 1 is 1.16 bits per heavy atom. The van der Waals surface area contributed by atoms with Gasteiger partial charge in [0.2, 0.25) is 0 Å². The maximum Gasteiger partial charge on any atom is 0.286 e. The van der Waals surface area contributed by atoms with Gasteiger partial charge in [-0.25, -0.2) is 0 Å². The Balaban J connectivity index is 1.53. The zero-order valence-corrected chi connectivity index (χ0v) is 14.1. The summed E-state index contributed by atoms with van der Waals surface area (Å²) in [6.07, 6.45) is 0.952. The Bertz CT molecular complexity index is 702. The van der Waals surface area contributed by atoms with Crippen LogP contribution in [0.5, 0.6) is 0 Å². The van der Waals surface area contributed by atoms with Crippen molar-refractivity contribution in [3.05, 3.63) is 59.9 Å². The highest BCUT2D eigenvalue weighted by atomic mass is 16.5. The first kappa shape index (κ1) is 17.2. The van der Waals surface area contributed by atoms with Gasteiger partial charge in [0.25, 0.3) is 11.8 Å². The number of carbonyl (C=O) groups is 2. The smallest absolute Gasteiger partial charge is 0.286 e. The van der Waals surface area contributed by atoms with E-state index in [0.29, 0.717) is 12.2 Å². The number of amides is 2. The number of hydrazine groups is 1. The number of hydrogen-bond donors (Lipinski definition) is 3. The average Bonchev–Trinajstić information content (AvgIpc) is 3.14. The van der Waals surface area contributed by atoms with E-state index in [-0.39, 0.29) is 12.0 Å². The fourth-order valence-electron chi connectivity index (χ4n) is 2.89. The van der Waals surface area contributed by atoms with Gasteiger partial charge in [-0.1, -0.05) is 30.3 Å². The molecule has 0 bridgehead atoms. The third-order valence-corrected chi connectivity index (χ3v) is 4.02. The molecular weight excluding hydrogens is 320 g/mol. The van der Waals surface area contributed by atoms with E-state index in [1.165, 1.54) is 5.56 Å². The Hall–Kier alpha value is -2.64. The number of aromatic amines is 1. The molecule has 2 atom stereocenters. The van der Waals surface area contributed by atoms with Crippen molar-refractivity contribution in [2.45, 2.75) is 25.7 Å². The lowest BCUT2D eigenvalue weighted by Crippen LogP contribution is -2.55. The molecule has 1 aromatic carbocycles. The molecule has 2 aromatic rings. The Morgan fingerprint density at radius 2 is 1.96 bits per heavy atom. The number of hydrogen-bond acceptors (Lipinski definition) is 4. The maximum atomic E-state index is 12.3. The summed E-state index contributed by atoms with van der Waals surface area (Å²) in [5.74, 6) is -0.757. The minimum Gasteiger partial charge on any atom is -0.363 e. The predicted molar refractivity (Wildman–Crippen MR) is 92.5 cm³/mol. The highest BCUT2D eigenvalue weighted by Crippen LogP contribution is 2.14. The topological polar surface area (TPSA) is 86.5 Å². The number of H-pyrrole nitrogens is 1. The molecule has 1 aliphatic heterocycles. The molecule has 0 aliphatic carbocycles. The van der Waals surface area contributed by atoms with Crippen LogP contribution < -0.4 is 10.9 Å². The van der Waals surface area contributed by atoms with Crippen LogP contribution in [-0.2, 0) is 16.1 Å². The molecule has 1 aliphatic rings. The van der Waals surface area contributed by atoms with Crippen molar-refractivity contribution in [1.29, 1.82) is 0 Å². The summed E-state index contributed by atoms with van der Waals surface area (Å²) in [5, 5.41) is 0. The zero-order valence-electron chi connectivity index (χ0n) is 14.1. The van der Waals surface area contributed by atoms with Gasteiger partial charge < -0.3 is 9.72 Å². The van der Waals surface area contributed by atoms with E-state index < -0.39 is 12.0 Å². The second kappa shape index (κ2) is 7.96. The number of nitrogens with one attached hydrogen (secondary N) is 3. The van der Waals surface area contributed by atoms with Gasteiger partial charge >= 0.3 is 0 Å². The van der Waals surface area contributed by atoms with Crippen molar-refractivity contribution >= 4 is 11.8 Å². The quantitative estimate of drug-likeness (QED) is 0.726. The molecule has 0 unspecified atom stereocenters. The minimum atomic E-state index is -0.628. The molecule has 1 saturated heterocycles. The number of aromatic nitrogens is 1. The molecule has 3 N–H and O–H groups in total. The summed E-state index contributed by atoms with van der Waals surface area (Å²) in [6.45, 7) is 3.93. The fourth-order valence-corrected chi connectivity index (χ4v) is 2.89. The predicted octanol–water partition coefficient (Wildman–Crippen LogP) is 1.07. The van der Waals surface area contributed by atoms with Crippen LogP contribution in [-0.4, -0.2) is 47.0 Å². The van der Waals surface area contributed by atoms with Crippen LogP contribution in [0.25, 0.3) is 0 Å². The lowest BCUT2D eigenvalue weighted by molar-refractivity contribution is -0.146. The van der Waals surface area contributed by atoms with Crippen molar-refractivity contribution < 1.29 is 14.3 Å². The maximum absolute atomic E-state index is 12.3. The molecule has 7 nitrogen and oxygen atoms in total. The van der Waals surface area contributed by atoms with Gasteiger partial charge in [-0.05, 0) is 24.6 Å². The fraction of sp³-hybridized carbons (Fsp3) is 0.333. The molecule has 132 valence electrons. The Labute approximate surface area is 146 Å². The van der Waals surface area contributed by atoms with Crippen molar-refractivity contribution in [3.8, 4) is 0 Å². The van der Waals surface area contributed by atoms with Crippen LogP contribution in [0.3, 0.4) is 0 Å². The first-order valence-electron chi connectivity index (χ1n) is 8.27. The highest BCUT2D eigenvalue weighted by molar-refractivity contribution is 5.94. The van der Waals surface area contributed by atoms with Crippen molar-refractivity contribution in [2.75, 3.05) is 13.1 Å². The molecular formula is C18H22N4O3. The molecule has 0 saturated carbocycles. The van der Waals surface area contributed by atoms with E-state index in [4.69, 9.17) is 4.74 Å². The van der Waals surface area contributed by atoms with Crippen molar-refractivity contribution in [1.82, 2.24) is 20.7 Å².